The minimum absolute atomic E-state index is 0.206. The van der Waals surface area contributed by atoms with Crippen molar-refractivity contribution in [2.45, 2.75) is 63.5 Å². The fraction of sp³-hybridized carbons (Fsp3) is 0.933. The lowest BCUT2D eigenvalue weighted by Gasteiger charge is -2.45. The molecule has 1 spiro atoms. The molecule has 0 amide bonds. The normalized spacial score (nSPS) is 38.1. The highest BCUT2D eigenvalue weighted by Crippen LogP contribution is 2.41. The van der Waals surface area contributed by atoms with E-state index in [1.54, 1.807) is 0 Å². The molecule has 3 rings (SSSR count). The van der Waals surface area contributed by atoms with E-state index in [0.29, 0.717) is 12.0 Å². The van der Waals surface area contributed by atoms with Crippen LogP contribution in [0.3, 0.4) is 0 Å². The summed E-state index contributed by atoms with van der Waals surface area (Å²) in [6, 6.07) is 0.676. The third kappa shape index (κ3) is 2.65. The van der Waals surface area contributed by atoms with Crippen molar-refractivity contribution in [1.29, 1.82) is 0 Å². The van der Waals surface area contributed by atoms with Crippen molar-refractivity contribution in [3.63, 3.8) is 0 Å². The Kier molecular flexibility index (Phi) is 3.81. The van der Waals surface area contributed by atoms with Crippen LogP contribution >= 0.6 is 0 Å². The first kappa shape index (κ1) is 13.4. The van der Waals surface area contributed by atoms with Gasteiger partial charge in [-0.15, -0.1) is 0 Å². The van der Waals surface area contributed by atoms with Crippen LogP contribution in [0.1, 0.15) is 51.9 Å². The molecule has 0 radical (unpaired) electrons. The first-order valence-corrected chi connectivity index (χ1v) is 7.81. The molecule has 4 heteroatoms. The molecule has 0 aromatic heterocycles. The molecule has 1 N–H and O–H groups in total. The fourth-order valence-corrected chi connectivity index (χ4v) is 4.21. The quantitative estimate of drug-likeness (QED) is 0.586. The van der Waals surface area contributed by atoms with Gasteiger partial charge in [-0.25, -0.2) is 0 Å². The van der Waals surface area contributed by atoms with Crippen molar-refractivity contribution in [2.24, 2.45) is 11.1 Å². The van der Waals surface area contributed by atoms with Crippen molar-refractivity contribution in [1.82, 2.24) is 4.90 Å². The molecule has 1 saturated carbocycles. The van der Waals surface area contributed by atoms with Gasteiger partial charge in [-0.3, -0.25) is 4.90 Å². The van der Waals surface area contributed by atoms with Crippen LogP contribution < -0.4 is 0 Å². The van der Waals surface area contributed by atoms with Crippen LogP contribution in [0, 0.1) is 5.92 Å². The summed E-state index contributed by atoms with van der Waals surface area (Å²) in [6.45, 7) is 5.19. The maximum Gasteiger partial charge on any atom is 0.0697 e. The van der Waals surface area contributed by atoms with Crippen molar-refractivity contribution < 1.29 is 9.94 Å². The maximum absolute atomic E-state index is 8.97. The standard InChI is InChI=1S/C15H26N2O2/c1-12-11-17(8-4-14(12)16-18)13-5-9-19-15(10-13)6-2-3-7-15/h12-13,18H,2-11H2,1H3. The van der Waals surface area contributed by atoms with E-state index < -0.39 is 0 Å². The molecule has 3 fully saturated rings. The molecule has 0 bridgehead atoms. The summed E-state index contributed by atoms with van der Waals surface area (Å²) in [5, 5.41) is 12.4. The number of rotatable bonds is 1. The van der Waals surface area contributed by atoms with Gasteiger partial charge in [0, 0.05) is 38.1 Å². The SMILES string of the molecule is CC1CN(C2CCOC3(CCCC3)C2)CCC1=NO. The lowest BCUT2D eigenvalue weighted by molar-refractivity contribution is -0.103. The van der Waals surface area contributed by atoms with E-state index in [1.165, 1.54) is 38.5 Å². The first-order valence-electron chi connectivity index (χ1n) is 7.81. The smallest absolute Gasteiger partial charge is 0.0697 e. The summed E-state index contributed by atoms with van der Waals surface area (Å²) < 4.78 is 6.13. The average molecular weight is 266 g/mol. The second-order valence-electron chi connectivity index (χ2n) is 6.62. The van der Waals surface area contributed by atoms with Gasteiger partial charge in [-0.1, -0.05) is 24.9 Å². The van der Waals surface area contributed by atoms with Gasteiger partial charge in [0.2, 0.25) is 0 Å². The Morgan fingerprint density at radius 3 is 2.84 bits per heavy atom. The predicted molar refractivity (Wildman–Crippen MR) is 74.7 cm³/mol. The number of piperidine rings is 1. The highest BCUT2D eigenvalue weighted by molar-refractivity contribution is 5.87. The number of hydrogen-bond acceptors (Lipinski definition) is 4. The summed E-state index contributed by atoms with van der Waals surface area (Å²) >= 11 is 0. The van der Waals surface area contributed by atoms with E-state index in [0.717, 1.165) is 31.8 Å². The second kappa shape index (κ2) is 5.41. The number of oxime groups is 1. The summed E-state index contributed by atoms with van der Waals surface area (Å²) in [4.78, 5) is 2.61. The van der Waals surface area contributed by atoms with Gasteiger partial charge < -0.3 is 9.94 Å². The van der Waals surface area contributed by atoms with Gasteiger partial charge >= 0.3 is 0 Å². The van der Waals surface area contributed by atoms with Gasteiger partial charge in [0.25, 0.3) is 0 Å². The first-order chi connectivity index (χ1) is 9.22. The van der Waals surface area contributed by atoms with Crippen molar-refractivity contribution in [3.05, 3.63) is 0 Å². The highest BCUT2D eigenvalue weighted by Gasteiger charge is 2.42. The predicted octanol–water partition coefficient (Wildman–Crippen LogP) is 2.65. The van der Waals surface area contributed by atoms with Crippen LogP contribution in [0.2, 0.25) is 0 Å². The number of hydrogen-bond donors (Lipinski definition) is 1. The molecule has 1 aliphatic carbocycles. The van der Waals surface area contributed by atoms with Crippen LogP contribution in [0.15, 0.2) is 5.16 Å². The summed E-state index contributed by atoms with van der Waals surface area (Å²) in [7, 11) is 0. The largest absolute Gasteiger partial charge is 0.411 e. The number of likely N-dealkylation sites (tertiary alicyclic amines) is 1. The Hall–Kier alpha value is -0.610. The van der Waals surface area contributed by atoms with Crippen molar-refractivity contribution >= 4 is 5.71 Å². The zero-order valence-corrected chi connectivity index (χ0v) is 12.0. The molecular formula is C15H26N2O2. The fourth-order valence-electron chi connectivity index (χ4n) is 4.21. The Morgan fingerprint density at radius 1 is 1.37 bits per heavy atom. The van der Waals surface area contributed by atoms with Gasteiger partial charge in [-0.2, -0.15) is 0 Å². The maximum atomic E-state index is 8.97. The van der Waals surface area contributed by atoms with Crippen LogP contribution in [-0.4, -0.2) is 47.2 Å². The lowest BCUT2D eigenvalue weighted by atomic mass is 9.86. The lowest BCUT2D eigenvalue weighted by Crippen LogP contribution is -2.51. The third-order valence-electron chi connectivity index (χ3n) is 5.36. The van der Waals surface area contributed by atoms with Crippen LogP contribution in [0.25, 0.3) is 0 Å². The molecule has 2 atom stereocenters. The minimum atomic E-state index is 0.206. The van der Waals surface area contributed by atoms with Crippen LogP contribution in [-0.2, 0) is 4.74 Å². The van der Waals surface area contributed by atoms with Gasteiger partial charge in [0.15, 0.2) is 0 Å². The minimum Gasteiger partial charge on any atom is -0.411 e. The molecule has 0 aromatic carbocycles. The van der Waals surface area contributed by atoms with E-state index in [2.05, 4.69) is 17.0 Å². The molecule has 4 nitrogen and oxygen atoms in total. The van der Waals surface area contributed by atoms with Crippen molar-refractivity contribution in [2.75, 3.05) is 19.7 Å². The average Bonchev–Trinajstić information content (AvgIpc) is 2.86. The molecule has 19 heavy (non-hydrogen) atoms. The van der Waals surface area contributed by atoms with E-state index in [-0.39, 0.29) is 5.60 Å². The van der Waals surface area contributed by atoms with Gasteiger partial charge in [0.05, 0.1) is 11.3 Å². The van der Waals surface area contributed by atoms with Crippen molar-refractivity contribution in [3.8, 4) is 0 Å². The summed E-state index contributed by atoms with van der Waals surface area (Å²) in [6.07, 6.45) is 8.49. The number of ether oxygens (including phenoxy) is 1. The molecule has 2 heterocycles. The highest BCUT2D eigenvalue weighted by atomic mass is 16.5. The number of nitrogens with zero attached hydrogens (tertiary/aromatic N) is 2. The molecule has 2 saturated heterocycles. The molecule has 108 valence electrons. The van der Waals surface area contributed by atoms with E-state index in [4.69, 9.17) is 9.94 Å². The third-order valence-corrected chi connectivity index (χ3v) is 5.36. The Labute approximate surface area is 115 Å². The second-order valence-corrected chi connectivity index (χ2v) is 6.62. The molecule has 2 aliphatic heterocycles. The van der Waals surface area contributed by atoms with Gasteiger partial charge in [0.1, 0.15) is 0 Å². The van der Waals surface area contributed by atoms with E-state index >= 15 is 0 Å². The summed E-state index contributed by atoms with van der Waals surface area (Å²) in [5.74, 6) is 0.390. The zero-order chi connectivity index (χ0) is 13.3. The molecule has 2 unspecified atom stereocenters. The molecule has 0 aromatic rings. The van der Waals surface area contributed by atoms with E-state index in [9.17, 15) is 0 Å². The van der Waals surface area contributed by atoms with Crippen LogP contribution in [0.4, 0.5) is 0 Å². The molecule has 3 aliphatic rings. The van der Waals surface area contributed by atoms with Crippen LogP contribution in [0.5, 0.6) is 0 Å². The monoisotopic (exact) mass is 266 g/mol. The van der Waals surface area contributed by atoms with Gasteiger partial charge in [-0.05, 0) is 25.7 Å². The molecular weight excluding hydrogens is 240 g/mol. The Balaban J connectivity index is 1.63. The topological polar surface area (TPSA) is 45.1 Å². The Morgan fingerprint density at radius 2 is 2.16 bits per heavy atom. The zero-order valence-electron chi connectivity index (χ0n) is 12.0. The summed E-state index contributed by atoms with van der Waals surface area (Å²) in [5.41, 5.74) is 1.18. The van der Waals surface area contributed by atoms with E-state index in [1.807, 2.05) is 0 Å². The Bertz CT molecular complexity index is 350.